The maximum Gasteiger partial charge on any atom is 0.407 e. The van der Waals surface area contributed by atoms with Gasteiger partial charge in [0, 0.05) is 32.6 Å². The predicted molar refractivity (Wildman–Crippen MR) is 127 cm³/mol. The first-order valence-corrected chi connectivity index (χ1v) is 11.7. The summed E-state index contributed by atoms with van der Waals surface area (Å²) in [6, 6.07) is 15.3. The Balaban J connectivity index is 1.32. The van der Waals surface area contributed by atoms with Crippen LogP contribution in [-0.2, 0) is 23.8 Å². The average molecular weight is 483 g/mol. The number of carbonyl (C=O) groups excluding carboxylic acids is 2. The van der Waals surface area contributed by atoms with Crippen molar-refractivity contribution in [3.63, 3.8) is 0 Å². The summed E-state index contributed by atoms with van der Waals surface area (Å²) in [4.78, 5) is 36.5. The molecular formula is C26H30N2O7. The van der Waals surface area contributed by atoms with Gasteiger partial charge in [-0.15, -0.1) is 0 Å². The maximum absolute atomic E-state index is 12.7. The fourth-order valence-electron chi connectivity index (χ4n) is 4.64. The highest BCUT2D eigenvalue weighted by Gasteiger charge is 2.32. The van der Waals surface area contributed by atoms with E-state index in [0.717, 1.165) is 22.3 Å². The van der Waals surface area contributed by atoms with E-state index in [1.165, 1.54) is 7.11 Å². The molecule has 4 rings (SSSR count). The van der Waals surface area contributed by atoms with Crippen LogP contribution >= 0.6 is 0 Å². The van der Waals surface area contributed by atoms with Gasteiger partial charge in [0.1, 0.15) is 12.6 Å². The molecule has 186 valence electrons. The van der Waals surface area contributed by atoms with E-state index in [4.69, 9.17) is 19.3 Å². The second kappa shape index (κ2) is 11.3. The molecule has 3 atom stereocenters. The van der Waals surface area contributed by atoms with Gasteiger partial charge in [-0.25, -0.2) is 4.79 Å². The van der Waals surface area contributed by atoms with Gasteiger partial charge >= 0.3 is 12.1 Å². The number of carboxylic acid groups (broad SMARTS) is 1. The highest BCUT2D eigenvalue weighted by atomic mass is 16.5. The lowest BCUT2D eigenvalue weighted by atomic mass is 9.98. The van der Waals surface area contributed by atoms with Crippen molar-refractivity contribution >= 4 is 18.0 Å². The van der Waals surface area contributed by atoms with Gasteiger partial charge in [0.2, 0.25) is 5.91 Å². The monoisotopic (exact) mass is 482 g/mol. The van der Waals surface area contributed by atoms with Crippen molar-refractivity contribution in [3.8, 4) is 11.1 Å². The van der Waals surface area contributed by atoms with Crippen molar-refractivity contribution in [1.29, 1.82) is 0 Å². The van der Waals surface area contributed by atoms with Crippen LogP contribution in [0.25, 0.3) is 11.1 Å². The van der Waals surface area contributed by atoms with Crippen LogP contribution in [0.3, 0.4) is 0 Å². The Bertz CT molecular complexity index is 1030. The summed E-state index contributed by atoms with van der Waals surface area (Å²) < 4.78 is 16.1. The van der Waals surface area contributed by atoms with Crippen LogP contribution in [0.5, 0.6) is 0 Å². The van der Waals surface area contributed by atoms with Crippen LogP contribution in [0, 0.1) is 5.92 Å². The summed E-state index contributed by atoms with van der Waals surface area (Å²) in [7, 11) is 1.51. The number of aliphatic carboxylic acids is 1. The highest BCUT2D eigenvalue weighted by molar-refractivity contribution is 5.85. The number of rotatable bonds is 10. The first kappa shape index (κ1) is 24.7. The molecule has 2 amide bonds. The molecule has 0 spiro atoms. The molecule has 0 saturated carbocycles. The zero-order valence-corrected chi connectivity index (χ0v) is 19.6. The molecule has 3 unspecified atom stereocenters. The largest absolute Gasteiger partial charge is 0.481 e. The van der Waals surface area contributed by atoms with Crippen molar-refractivity contribution in [2.45, 2.75) is 30.9 Å². The van der Waals surface area contributed by atoms with Crippen molar-refractivity contribution in [3.05, 3.63) is 59.7 Å². The number of fused-ring (bicyclic) bond motifs is 3. The molecule has 0 bridgehead atoms. The van der Waals surface area contributed by atoms with E-state index in [-0.39, 0.29) is 44.8 Å². The van der Waals surface area contributed by atoms with Gasteiger partial charge in [-0.2, -0.15) is 0 Å². The van der Waals surface area contributed by atoms with E-state index < -0.39 is 29.9 Å². The number of ether oxygens (including phenoxy) is 3. The molecule has 3 N–H and O–H groups in total. The second-order valence-electron chi connectivity index (χ2n) is 8.78. The van der Waals surface area contributed by atoms with Gasteiger partial charge in [0.05, 0.1) is 18.6 Å². The van der Waals surface area contributed by atoms with E-state index in [1.807, 2.05) is 36.4 Å². The molecule has 1 heterocycles. The molecule has 1 aliphatic heterocycles. The van der Waals surface area contributed by atoms with Gasteiger partial charge in [-0.3, -0.25) is 9.59 Å². The molecule has 2 aliphatic rings. The lowest BCUT2D eigenvalue weighted by molar-refractivity contribution is -0.141. The standard InChI is InChI=1S/C26H30N2O7/c1-33-11-10-23(24(29)27-13-17-12-16(14-34-17)25(30)31)28-26(32)35-15-22-20-8-4-2-6-18(20)19-7-3-5-9-21(19)22/h2-9,16-17,22-23H,10-15H2,1H3,(H,27,29)(H,28,32)(H,30,31). The Labute approximate surface area is 203 Å². The van der Waals surface area contributed by atoms with Crippen molar-refractivity contribution in [2.75, 3.05) is 33.5 Å². The molecular weight excluding hydrogens is 452 g/mol. The lowest BCUT2D eigenvalue weighted by Crippen LogP contribution is -2.49. The third kappa shape index (κ3) is 5.80. The Hall–Kier alpha value is -3.43. The molecule has 0 aromatic heterocycles. The van der Waals surface area contributed by atoms with Gasteiger partial charge in [0.15, 0.2) is 0 Å². The zero-order valence-electron chi connectivity index (χ0n) is 19.6. The molecule has 2 aromatic rings. The summed E-state index contributed by atoms with van der Waals surface area (Å²) in [5.74, 6) is -1.96. The second-order valence-corrected chi connectivity index (χ2v) is 8.78. The number of alkyl carbamates (subject to hydrolysis) is 1. The molecule has 1 aliphatic carbocycles. The molecule has 35 heavy (non-hydrogen) atoms. The average Bonchev–Trinajstić information content (AvgIpc) is 3.47. The number of carboxylic acids is 1. The number of benzene rings is 2. The Morgan fingerprint density at radius 1 is 1.09 bits per heavy atom. The number of hydrogen-bond acceptors (Lipinski definition) is 6. The van der Waals surface area contributed by atoms with Gasteiger partial charge in [0.25, 0.3) is 0 Å². The topological polar surface area (TPSA) is 123 Å². The Kier molecular flexibility index (Phi) is 7.99. The quantitative estimate of drug-likeness (QED) is 0.476. The minimum Gasteiger partial charge on any atom is -0.481 e. The molecule has 1 fully saturated rings. The van der Waals surface area contributed by atoms with E-state index >= 15 is 0 Å². The Morgan fingerprint density at radius 2 is 1.74 bits per heavy atom. The number of methoxy groups -OCH3 is 1. The minimum atomic E-state index is -0.909. The molecule has 1 saturated heterocycles. The summed E-state index contributed by atoms with van der Waals surface area (Å²) in [6.45, 7) is 0.702. The van der Waals surface area contributed by atoms with E-state index in [9.17, 15) is 14.4 Å². The molecule has 9 nitrogen and oxygen atoms in total. The van der Waals surface area contributed by atoms with Crippen molar-refractivity contribution in [1.82, 2.24) is 10.6 Å². The van der Waals surface area contributed by atoms with Crippen LogP contribution in [0.15, 0.2) is 48.5 Å². The summed E-state index contributed by atoms with van der Waals surface area (Å²) in [6.07, 6.45) is -0.475. The first-order chi connectivity index (χ1) is 17.0. The number of nitrogens with one attached hydrogen (secondary N) is 2. The Morgan fingerprint density at radius 3 is 2.34 bits per heavy atom. The van der Waals surface area contributed by atoms with Crippen LogP contribution in [0.2, 0.25) is 0 Å². The van der Waals surface area contributed by atoms with E-state index in [1.54, 1.807) is 0 Å². The fraction of sp³-hybridized carbons (Fsp3) is 0.423. The molecule has 9 heteroatoms. The predicted octanol–water partition coefficient (Wildman–Crippen LogP) is 2.54. The van der Waals surface area contributed by atoms with Gasteiger partial charge in [-0.1, -0.05) is 48.5 Å². The fourth-order valence-corrected chi connectivity index (χ4v) is 4.64. The third-order valence-corrected chi connectivity index (χ3v) is 6.50. The number of amides is 2. The summed E-state index contributed by atoms with van der Waals surface area (Å²) in [5.41, 5.74) is 4.47. The lowest BCUT2D eigenvalue weighted by Gasteiger charge is -2.20. The van der Waals surface area contributed by atoms with Crippen LogP contribution < -0.4 is 10.6 Å². The van der Waals surface area contributed by atoms with Crippen LogP contribution in [0.4, 0.5) is 4.79 Å². The maximum atomic E-state index is 12.7. The number of carbonyl (C=O) groups is 3. The minimum absolute atomic E-state index is 0.0823. The van der Waals surface area contributed by atoms with Crippen LogP contribution in [0.1, 0.15) is 29.9 Å². The summed E-state index contributed by atoms with van der Waals surface area (Å²) >= 11 is 0. The highest BCUT2D eigenvalue weighted by Crippen LogP contribution is 2.44. The summed E-state index contributed by atoms with van der Waals surface area (Å²) in [5, 5.41) is 14.5. The van der Waals surface area contributed by atoms with E-state index in [2.05, 4.69) is 22.8 Å². The molecule has 0 radical (unpaired) electrons. The van der Waals surface area contributed by atoms with E-state index in [0.29, 0.717) is 6.42 Å². The van der Waals surface area contributed by atoms with Crippen molar-refractivity contribution < 1.29 is 33.7 Å². The van der Waals surface area contributed by atoms with Gasteiger partial charge < -0.3 is 30.0 Å². The molecule has 2 aromatic carbocycles. The smallest absolute Gasteiger partial charge is 0.407 e. The zero-order chi connectivity index (χ0) is 24.8. The van der Waals surface area contributed by atoms with Gasteiger partial charge in [-0.05, 0) is 28.7 Å². The van der Waals surface area contributed by atoms with Crippen LogP contribution in [-0.4, -0.2) is 68.7 Å². The number of hydrogen-bond donors (Lipinski definition) is 3. The van der Waals surface area contributed by atoms with Crippen molar-refractivity contribution in [2.24, 2.45) is 5.92 Å². The normalized spacial score (nSPS) is 19.5. The third-order valence-electron chi connectivity index (χ3n) is 6.50. The SMILES string of the molecule is COCCC(NC(=O)OCC1c2ccccc2-c2ccccc21)C(=O)NCC1CC(C(=O)O)CO1. The first-order valence-electron chi connectivity index (χ1n) is 11.7.